The van der Waals surface area contributed by atoms with Crippen molar-refractivity contribution in [2.24, 2.45) is 0 Å². The summed E-state index contributed by atoms with van der Waals surface area (Å²) in [5.74, 6) is 0.156. The smallest absolute Gasteiger partial charge is 0.416 e. The van der Waals surface area contributed by atoms with E-state index in [1.807, 2.05) is 0 Å². The fourth-order valence-corrected chi connectivity index (χ4v) is 2.40. The first-order valence-corrected chi connectivity index (χ1v) is 8.07. The van der Waals surface area contributed by atoms with Crippen molar-refractivity contribution in [1.29, 1.82) is 0 Å². The largest absolute Gasteiger partial charge is 0.491 e. The minimum atomic E-state index is -4.41. The molecule has 2 aromatic rings. The quantitative estimate of drug-likeness (QED) is 0.724. The summed E-state index contributed by atoms with van der Waals surface area (Å²) in [4.78, 5) is 12.2. The molecule has 0 aromatic heterocycles. The van der Waals surface area contributed by atoms with Crippen molar-refractivity contribution in [2.45, 2.75) is 12.6 Å². The fraction of sp³-hybridized carbons (Fsp3) is 0.316. The molecule has 1 N–H and O–H groups in total. The Morgan fingerprint density at radius 3 is 2.58 bits per heavy atom. The van der Waals surface area contributed by atoms with Crippen molar-refractivity contribution in [2.75, 3.05) is 26.9 Å². The third-order valence-electron chi connectivity index (χ3n) is 3.66. The Morgan fingerprint density at radius 2 is 1.85 bits per heavy atom. The van der Waals surface area contributed by atoms with Crippen LogP contribution in [0.15, 0.2) is 48.5 Å². The van der Waals surface area contributed by atoms with Gasteiger partial charge in [-0.1, -0.05) is 24.3 Å². The number of rotatable bonds is 8. The maximum absolute atomic E-state index is 13.0. The van der Waals surface area contributed by atoms with Crippen LogP contribution in [-0.4, -0.2) is 32.8 Å². The SMILES string of the molecule is COCCOc1cccc(C(=O)NCCc2ccccc2C(F)(F)F)c1. The van der Waals surface area contributed by atoms with Crippen LogP contribution in [0.3, 0.4) is 0 Å². The highest BCUT2D eigenvalue weighted by atomic mass is 19.4. The van der Waals surface area contributed by atoms with Crippen molar-refractivity contribution >= 4 is 5.91 Å². The van der Waals surface area contributed by atoms with Gasteiger partial charge < -0.3 is 14.8 Å². The van der Waals surface area contributed by atoms with Crippen LogP contribution in [0.4, 0.5) is 13.2 Å². The number of carbonyl (C=O) groups excluding carboxylic acids is 1. The number of alkyl halides is 3. The molecule has 0 unspecified atom stereocenters. The third-order valence-corrected chi connectivity index (χ3v) is 3.66. The topological polar surface area (TPSA) is 47.6 Å². The van der Waals surface area contributed by atoms with Crippen LogP contribution >= 0.6 is 0 Å². The first-order chi connectivity index (χ1) is 12.4. The maximum Gasteiger partial charge on any atom is 0.416 e. The first kappa shape index (κ1) is 19.8. The lowest BCUT2D eigenvalue weighted by molar-refractivity contribution is -0.138. The van der Waals surface area contributed by atoms with Gasteiger partial charge in [0.15, 0.2) is 0 Å². The molecule has 0 bridgehead atoms. The molecule has 0 aliphatic heterocycles. The van der Waals surface area contributed by atoms with Gasteiger partial charge in [-0.05, 0) is 36.2 Å². The minimum Gasteiger partial charge on any atom is -0.491 e. The summed E-state index contributed by atoms with van der Waals surface area (Å²) >= 11 is 0. The zero-order valence-electron chi connectivity index (χ0n) is 14.3. The molecule has 0 atom stereocenters. The number of methoxy groups -OCH3 is 1. The van der Waals surface area contributed by atoms with E-state index < -0.39 is 11.7 Å². The van der Waals surface area contributed by atoms with Gasteiger partial charge in [0, 0.05) is 19.2 Å². The lowest BCUT2D eigenvalue weighted by Crippen LogP contribution is -2.26. The van der Waals surface area contributed by atoms with Gasteiger partial charge in [-0.3, -0.25) is 4.79 Å². The Balaban J connectivity index is 1.93. The normalized spacial score (nSPS) is 11.2. The second-order valence-corrected chi connectivity index (χ2v) is 5.53. The zero-order valence-corrected chi connectivity index (χ0v) is 14.3. The average Bonchev–Trinajstić information content (AvgIpc) is 2.62. The molecular weight excluding hydrogens is 347 g/mol. The highest BCUT2D eigenvalue weighted by Gasteiger charge is 2.32. The van der Waals surface area contributed by atoms with Crippen LogP contribution < -0.4 is 10.1 Å². The number of hydrogen-bond donors (Lipinski definition) is 1. The van der Waals surface area contributed by atoms with E-state index in [-0.39, 0.29) is 24.4 Å². The molecule has 7 heteroatoms. The van der Waals surface area contributed by atoms with E-state index in [0.717, 1.165) is 6.07 Å². The average molecular weight is 367 g/mol. The van der Waals surface area contributed by atoms with Crippen LogP contribution in [0.1, 0.15) is 21.5 Å². The summed E-state index contributed by atoms with van der Waals surface area (Å²) in [6.07, 6.45) is -4.32. The van der Waals surface area contributed by atoms with Crippen molar-refractivity contribution in [3.05, 3.63) is 65.2 Å². The molecule has 0 saturated carbocycles. The van der Waals surface area contributed by atoms with E-state index in [4.69, 9.17) is 9.47 Å². The Bertz CT molecular complexity index is 732. The third kappa shape index (κ3) is 5.77. The van der Waals surface area contributed by atoms with Crippen LogP contribution in [0.25, 0.3) is 0 Å². The van der Waals surface area contributed by atoms with Gasteiger partial charge in [-0.25, -0.2) is 0 Å². The molecule has 0 fully saturated rings. The minimum absolute atomic E-state index is 0.0887. The van der Waals surface area contributed by atoms with E-state index in [0.29, 0.717) is 24.5 Å². The molecule has 0 spiro atoms. The van der Waals surface area contributed by atoms with Crippen LogP contribution in [0.2, 0.25) is 0 Å². The number of benzene rings is 2. The highest BCUT2D eigenvalue weighted by molar-refractivity contribution is 5.94. The number of carbonyl (C=O) groups is 1. The van der Waals surface area contributed by atoms with Gasteiger partial charge in [-0.15, -0.1) is 0 Å². The summed E-state index contributed by atoms with van der Waals surface area (Å²) < 4.78 is 49.2. The molecular formula is C19H20F3NO3. The second kappa shape index (κ2) is 9.24. The number of ether oxygens (including phenoxy) is 2. The monoisotopic (exact) mass is 367 g/mol. The zero-order chi connectivity index (χ0) is 19.0. The molecule has 2 aromatic carbocycles. The van der Waals surface area contributed by atoms with Crippen molar-refractivity contribution in [1.82, 2.24) is 5.32 Å². The Hall–Kier alpha value is -2.54. The standard InChI is InChI=1S/C19H20F3NO3/c1-25-11-12-26-16-7-4-6-15(13-16)18(24)23-10-9-14-5-2-3-8-17(14)19(20,21)22/h2-8,13H,9-12H2,1H3,(H,23,24). The Morgan fingerprint density at radius 1 is 1.08 bits per heavy atom. The van der Waals surface area contributed by atoms with Gasteiger partial charge in [0.25, 0.3) is 5.91 Å². The van der Waals surface area contributed by atoms with E-state index in [1.165, 1.54) is 12.1 Å². The lowest BCUT2D eigenvalue weighted by Gasteiger charge is -2.13. The summed E-state index contributed by atoms with van der Waals surface area (Å²) in [5, 5.41) is 2.63. The van der Waals surface area contributed by atoms with Gasteiger partial charge in [0.1, 0.15) is 12.4 Å². The number of halogens is 3. The van der Waals surface area contributed by atoms with Crippen LogP contribution in [0.5, 0.6) is 5.75 Å². The maximum atomic E-state index is 13.0. The molecule has 1 amide bonds. The van der Waals surface area contributed by atoms with E-state index in [9.17, 15) is 18.0 Å². The Kier molecular flexibility index (Phi) is 7.03. The molecule has 2 rings (SSSR count). The Labute approximate surface area is 149 Å². The van der Waals surface area contributed by atoms with E-state index in [2.05, 4.69) is 5.32 Å². The van der Waals surface area contributed by atoms with E-state index in [1.54, 1.807) is 37.4 Å². The molecule has 0 aliphatic rings. The predicted molar refractivity (Wildman–Crippen MR) is 91.3 cm³/mol. The van der Waals surface area contributed by atoms with Crippen LogP contribution in [0, 0.1) is 0 Å². The van der Waals surface area contributed by atoms with Gasteiger partial charge in [0.2, 0.25) is 0 Å². The van der Waals surface area contributed by atoms with Crippen molar-refractivity contribution in [3.8, 4) is 5.75 Å². The van der Waals surface area contributed by atoms with Crippen molar-refractivity contribution in [3.63, 3.8) is 0 Å². The van der Waals surface area contributed by atoms with Gasteiger partial charge >= 0.3 is 6.18 Å². The number of nitrogens with one attached hydrogen (secondary N) is 1. The second-order valence-electron chi connectivity index (χ2n) is 5.53. The molecule has 4 nitrogen and oxygen atoms in total. The van der Waals surface area contributed by atoms with Crippen LogP contribution in [-0.2, 0) is 17.3 Å². The summed E-state index contributed by atoms with van der Waals surface area (Å²) in [6.45, 7) is 0.880. The van der Waals surface area contributed by atoms with Gasteiger partial charge in [-0.2, -0.15) is 13.2 Å². The molecule has 26 heavy (non-hydrogen) atoms. The number of amides is 1. The highest BCUT2D eigenvalue weighted by Crippen LogP contribution is 2.31. The van der Waals surface area contributed by atoms with E-state index >= 15 is 0 Å². The lowest BCUT2D eigenvalue weighted by atomic mass is 10.0. The molecule has 0 saturated heterocycles. The summed E-state index contributed by atoms with van der Waals surface area (Å²) in [6, 6.07) is 11.9. The first-order valence-electron chi connectivity index (χ1n) is 8.07. The summed E-state index contributed by atoms with van der Waals surface area (Å²) in [7, 11) is 1.56. The predicted octanol–water partition coefficient (Wildman–Crippen LogP) is 3.70. The number of hydrogen-bond acceptors (Lipinski definition) is 3. The molecule has 140 valence electrons. The van der Waals surface area contributed by atoms with Gasteiger partial charge in [0.05, 0.1) is 12.2 Å². The summed E-state index contributed by atoms with van der Waals surface area (Å²) in [5.41, 5.74) is -0.149. The van der Waals surface area contributed by atoms with Crippen molar-refractivity contribution < 1.29 is 27.4 Å². The molecule has 0 aliphatic carbocycles. The molecule has 0 radical (unpaired) electrons. The fourth-order valence-electron chi connectivity index (χ4n) is 2.40. The molecule has 0 heterocycles.